The zero-order valence-corrected chi connectivity index (χ0v) is 35.9. The molecule has 1 aliphatic heterocycles. The van der Waals surface area contributed by atoms with Gasteiger partial charge in [-0.25, -0.2) is 0 Å². The van der Waals surface area contributed by atoms with Gasteiger partial charge in [0.2, 0.25) is 17.7 Å². The summed E-state index contributed by atoms with van der Waals surface area (Å²) in [6.45, 7) is -8.30. The topological polar surface area (TPSA) is 393 Å². The maximum Gasteiger partial charge on any atom is 0.323 e. The highest BCUT2D eigenvalue weighted by molar-refractivity contribution is 5.81. The van der Waals surface area contributed by atoms with E-state index >= 15 is 0 Å². The predicted molar refractivity (Wildman–Crippen MR) is 219 cm³/mol. The molecule has 0 spiro atoms. The molecular weight excluding hydrogens is 854 g/mol. The van der Waals surface area contributed by atoms with Crippen molar-refractivity contribution in [3.8, 4) is 0 Å². The molecule has 0 radical (unpaired) electrons. The van der Waals surface area contributed by atoms with E-state index in [0.717, 1.165) is 7.11 Å². The average molecular weight is 920 g/mol. The van der Waals surface area contributed by atoms with E-state index in [0.29, 0.717) is 11.4 Å². The Balaban J connectivity index is 2.63. The number of carbonyl (C=O) groups is 6. The summed E-state index contributed by atoms with van der Waals surface area (Å²) in [6.07, 6.45) is -2.23. The van der Waals surface area contributed by atoms with Gasteiger partial charge >= 0.3 is 17.9 Å². The first kappa shape index (κ1) is 55.6. The molecule has 0 saturated carbocycles. The minimum absolute atomic E-state index is 0.104. The van der Waals surface area contributed by atoms with Crippen LogP contribution in [0, 0.1) is 0 Å². The lowest BCUT2D eigenvalue weighted by Crippen LogP contribution is -2.57. The number of aliphatic carboxylic acids is 2. The molecule has 2 rings (SSSR count). The van der Waals surface area contributed by atoms with Gasteiger partial charge in [-0.2, -0.15) is 0 Å². The molecule has 2 heterocycles. The zero-order chi connectivity index (χ0) is 48.1. The lowest BCUT2D eigenvalue weighted by molar-refractivity contribution is -0.149. The van der Waals surface area contributed by atoms with Crippen molar-refractivity contribution in [2.45, 2.75) is 86.4 Å². The molecule has 3 unspecified atom stereocenters. The Morgan fingerprint density at radius 3 is 1.16 bits per heavy atom. The van der Waals surface area contributed by atoms with Gasteiger partial charge in [0.1, 0.15) is 34.7 Å². The molecule has 1 aromatic heterocycles. The summed E-state index contributed by atoms with van der Waals surface area (Å²) in [5.74, 6) is -5.91. The summed E-state index contributed by atoms with van der Waals surface area (Å²) in [7, 11) is 1.12. The second kappa shape index (κ2) is 27.1. The Morgan fingerprint density at radius 2 is 0.844 bits per heavy atom. The fourth-order valence-electron chi connectivity index (χ4n) is 6.94. The molecule has 64 heavy (non-hydrogen) atoms. The van der Waals surface area contributed by atoms with E-state index in [1.54, 1.807) is 23.1 Å². The standard InChI is InChI=1S/C39H65N7O18/c1-64-36(63)30(7-10-33(58)43-39(23-53,24-54)25-55)46-14-12-44(28(34(59)60)5-8-31(56)41-37(17-47,18-48)19-49)11-13-45(15-26-3-2-4-27(16-46)40-26)29(35(61)62)6-9-32(57)42-38(20-50,21-51)22-52/h2-4,28-30,47-55H,5-25H2,1H3,(H,41,56)(H,42,57)(H,43,58)(H,59,60)(H,61,62). The molecule has 0 fully saturated rings. The van der Waals surface area contributed by atoms with Crippen molar-refractivity contribution in [2.24, 2.45) is 0 Å². The smallest absolute Gasteiger partial charge is 0.323 e. The van der Waals surface area contributed by atoms with Crippen molar-refractivity contribution in [3.63, 3.8) is 0 Å². The lowest BCUT2D eigenvalue weighted by Gasteiger charge is -2.37. The number of methoxy groups -OCH3 is 1. The number of amides is 3. The molecule has 0 aromatic carbocycles. The van der Waals surface area contributed by atoms with Crippen LogP contribution in [0.1, 0.15) is 49.9 Å². The summed E-state index contributed by atoms with van der Waals surface area (Å²) in [6, 6.07) is 0.784. The number of hydrogen-bond donors (Lipinski definition) is 14. The van der Waals surface area contributed by atoms with Crippen LogP contribution in [0.25, 0.3) is 0 Å². The molecule has 0 aliphatic carbocycles. The summed E-state index contributed by atoms with van der Waals surface area (Å²) >= 11 is 0. The number of aliphatic hydroxyl groups excluding tert-OH is 9. The Hall–Kier alpha value is -4.51. The number of fused-ring (bicyclic) bond motifs is 2. The Labute approximate surface area is 369 Å². The van der Waals surface area contributed by atoms with Crippen molar-refractivity contribution in [1.29, 1.82) is 0 Å². The van der Waals surface area contributed by atoms with E-state index < -0.39 is 143 Å². The van der Waals surface area contributed by atoms with Gasteiger partial charge in [0.25, 0.3) is 0 Å². The molecule has 25 nitrogen and oxygen atoms in total. The van der Waals surface area contributed by atoms with Crippen molar-refractivity contribution >= 4 is 35.6 Å². The Kier molecular flexibility index (Phi) is 23.5. The normalized spacial score (nSPS) is 16.3. The lowest BCUT2D eigenvalue weighted by atomic mass is 10.0. The van der Waals surface area contributed by atoms with Crippen LogP contribution in [0.3, 0.4) is 0 Å². The van der Waals surface area contributed by atoms with Crippen molar-refractivity contribution in [3.05, 3.63) is 29.6 Å². The van der Waals surface area contributed by atoms with Gasteiger partial charge in [-0.15, -0.1) is 0 Å². The molecule has 0 saturated heterocycles. The number of ether oxygens (including phenoxy) is 1. The van der Waals surface area contributed by atoms with Gasteiger partial charge in [-0.1, -0.05) is 6.07 Å². The van der Waals surface area contributed by atoms with E-state index in [4.69, 9.17) is 9.72 Å². The molecule has 14 N–H and O–H groups in total. The van der Waals surface area contributed by atoms with Gasteiger partial charge in [-0.3, -0.25) is 48.5 Å². The first-order valence-electron chi connectivity index (χ1n) is 20.5. The third-order valence-electron chi connectivity index (χ3n) is 11.2. The summed E-state index contributed by atoms with van der Waals surface area (Å²) in [4.78, 5) is 87.4. The number of carboxylic acid groups (broad SMARTS) is 2. The number of nitrogens with one attached hydrogen (secondary N) is 3. The van der Waals surface area contributed by atoms with E-state index in [-0.39, 0.29) is 65.0 Å². The number of hydrogen-bond acceptors (Lipinski definition) is 20. The number of nitrogens with zero attached hydrogens (tertiary/aromatic N) is 4. The molecular formula is C39H65N7O18. The van der Waals surface area contributed by atoms with Gasteiger partial charge in [-0.05, 0) is 31.4 Å². The number of pyridine rings is 1. The third-order valence-corrected chi connectivity index (χ3v) is 11.2. The summed E-state index contributed by atoms with van der Waals surface area (Å²) in [5.41, 5.74) is -4.64. The van der Waals surface area contributed by atoms with Crippen LogP contribution in [-0.2, 0) is 46.6 Å². The largest absolute Gasteiger partial charge is 0.480 e. The second-order valence-electron chi connectivity index (χ2n) is 15.9. The van der Waals surface area contributed by atoms with Crippen LogP contribution < -0.4 is 16.0 Å². The zero-order valence-electron chi connectivity index (χ0n) is 35.9. The minimum atomic E-state index is -1.80. The highest BCUT2D eigenvalue weighted by atomic mass is 16.5. The minimum Gasteiger partial charge on any atom is -0.480 e. The predicted octanol–water partition coefficient (Wildman–Crippen LogP) is -6.71. The van der Waals surface area contributed by atoms with Crippen LogP contribution >= 0.6 is 0 Å². The van der Waals surface area contributed by atoms with E-state index in [9.17, 15) is 84.9 Å². The highest BCUT2D eigenvalue weighted by Crippen LogP contribution is 2.20. The van der Waals surface area contributed by atoms with Crippen LogP contribution in [0.5, 0.6) is 0 Å². The van der Waals surface area contributed by atoms with E-state index in [1.165, 1.54) is 9.80 Å². The molecule has 3 atom stereocenters. The second-order valence-corrected chi connectivity index (χ2v) is 15.9. The first-order valence-corrected chi connectivity index (χ1v) is 20.5. The molecule has 25 heteroatoms. The van der Waals surface area contributed by atoms with Crippen LogP contribution in [0.2, 0.25) is 0 Å². The number of carboxylic acids is 2. The van der Waals surface area contributed by atoms with Gasteiger partial charge in [0.05, 0.1) is 78.0 Å². The molecule has 1 aromatic rings. The van der Waals surface area contributed by atoms with Crippen LogP contribution in [0.4, 0.5) is 0 Å². The van der Waals surface area contributed by atoms with Gasteiger partial charge in [0, 0.05) is 58.5 Å². The fraction of sp³-hybridized carbons (Fsp3) is 0.718. The van der Waals surface area contributed by atoms with Gasteiger partial charge in [0.15, 0.2) is 0 Å². The van der Waals surface area contributed by atoms with Crippen LogP contribution in [-0.4, -0.2) is 239 Å². The maximum absolute atomic E-state index is 13.4. The highest BCUT2D eigenvalue weighted by Gasteiger charge is 2.37. The van der Waals surface area contributed by atoms with Crippen molar-refractivity contribution < 1.29 is 89.7 Å². The molecule has 1 aliphatic rings. The van der Waals surface area contributed by atoms with E-state index in [1.807, 2.05) is 0 Å². The fourth-order valence-corrected chi connectivity index (χ4v) is 6.94. The number of carbonyl (C=O) groups excluding carboxylic acids is 4. The monoisotopic (exact) mass is 919 g/mol. The summed E-state index contributed by atoms with van der Waals surface area (Å²) in [5, 5.41) is 115. The maximum atomic E-state index is 13.4. The number of rotatable bonds is 27. The third kappa shape index (κ3) is 16.2. The average Bonchev–Trinajstić information content (AvgIpc) is 3.29. The van der Waals surface area contributed by atoms with Crippen molar-refractivity contribution in [2.75, 3.05) is 92.8 Å². The molecule has 2 bridgehead atoms. The van der Waals surface area contributed by atoms with Crippen molar-refractivity contribution in [1.82, 2.24) is 35.6 Å². The number of aliphatic hydroxyl groups is 9. The SMILES string of the molecule is COC(=O)C(CCC(=O)NC(CO)(CO)CO)N1CCN(C(CCC(=O)NC(CO)(CO)CO)C(=O)O)CCN(C(CCC(=O)NC(CO)(CO)CO)C(=O)O)Cc2cccc(n2)C1. The van der Waals surface area contributed by atoms with Gasteiger partial charge < -0.3 is 76.9 Å². The van der Waals surface area contributed by atoms with Crippen LogP contribution in [0.15, 0.2) is 18.2 Å². The Morgan fingerprint density at radius 1 is 0.547 bits per heavy atom. The van der Waals surface area contributed by atoms with E-state index in [2.05, 4.69) is 16.0 Å². The molecule has 364 valence electrons. The summed E-state index contributed by atoms with van der Waals surface area (Å²) < 4.78 is 5.10. The first-order chi connectivity index (χ1) is 30.4. The Bertz CT molecular complexity index is 1640. The number of esters is 1. The molecule has 3 amide bonds. The number of aromatic nitrogens is 1. The quantitative estimate of drug-likeness (QED) is 0.0365.